The van der Waals surface area contributed by atoms with Crippen molar-refractivity contribution in [2.75, 3.05) is 11.9 Å². The van der Waals surface area contributed by atoms with Crippen LogP contribution in [0.2, 0.25) is 0 Å². The Kier molecular flexibility index (Phi) is 5.72. The van der Waals surface area contributed by atoms with Gasteiger partial charge in [-0.2, -0.15) is 5.26 Å². The van der Waals surface area contributed by atoms with Gasteiger partial charge < -0.3 is 10.6 Å². The highest BCUT2D eigenvalue weighted by molar-refractivity contribution is 6.05. The van der Waals surface area contributed by atoms with E-state index < -0.39 is 0 Å². The van der Waals surface area contributed by atoms with Crippen molar-refractivity contribution in [1.29, 1.82) is 5.26 Å². The van der Waals surface area contributed by atoms with Gasteiger partial charge in [-0.3, -0.25) is 14.6 Å². The summed E-state index contributed by atoms with van der Waals surface area (Å²) < 4.78 is 0. The summed E-state index contributed by atoms with van der Waals surface area (Å²) in [5.74, 6) is -0.648. The zero-order valence-corrected chi connectivity index (χ0v) is 15.0. The number of carbonyl (C=O) groups excluding carboxylic acids is 2. The van der Waals surface area contributed by atoms with Crippen LogP contribution in [0, 0.1) is 11.3 Å². The Balaban J connectivity index is 1.95. The van der Waals surface area contributed by atoms with Crippen LogP contribution in [0.1, 0.15) is 16.9 Å². The van der Waals surface area contributed by atoms with Gasteiger partial charge in [0.05, 0.1) is 29.4 Å². The quantitative estimate of drug-likeness (QED) is 0.511. The second kappa shape index (κ2) is 8.56. The van der Waals surface area contributed by atoms with Crippen LogP contribution in [0.25, 0.3) is 22.2 Å². The van der Waals surface area contributed by atoms with E-state index in [2.05, 4.69) is 27.2 Å². The fourth-order valence-electron chi connectivity index (χ4n) is 2.64. The third kappa shape index (κ3) is 4.19. The summed E-state index contributed by atoms with van der Waals surface area (Å²) >= 11 is 0. The average Bonchev–Trinajstić information content (AvgIpc) is 2.73. The molecule has 0 fully saturated rings. The summed E-state index contributed by atoms with van der Waals surface area (Å²) in [7, 11) is 0. The van der Waals surface area contributed by atoms with Crippen LogP contribution >= 0.6 is 0 Å². The van der Waals surface area contributed by atoms with Crippen molar-refractivity contribution in [2.45, 2.75) is 6.42 Å². The van der Waals surface area contributed by atoms with Gasteiger partial charge in [0.1, 0.15) is 5.69 Å². The normalized spacial score (nSPS) is 10.1. The van der Waals surface area contributed by atoms with E-state index in [4.69, 9.17) is 5.26 Å². The highest BCUT2D eigenvalue weighted by atomic mass is 16.2. The van der Waals surface area contributed by atoms with E-state index in [1.165, 1.54) is 6.08 Å². The molecule has 0 aliphatic carbocycles. The number of aromatic nitrogens is 2. The van der Waals surface area contributed by atoms with Crippen molar-refractivity contribution in [1.82, 2.24) is 15.3 Å². The number of rotatable bonds is 6. The maximum atomic E-state index is 12.2. The van der Waals surface area contributed by atoms with Crippen LogP contribution in [-0.4, -0.2) is 28.3 Å². The van der Waals surface area contributed by atoms with Crippen molar-refractivity contribution < 1.29 is 9.59 Å². The van der Waals surface area contributed by atoms with Crippen molar-refractivity contribution >= 4 is 28.4 Å². The molecule has 0 aliphatic rings. The smallest absolute Gasteiger partial charge is 0.269 e. The molecule has 0 aliphatic heterocycles. The standard InChI is InChI=1S/C21H17N5O2/c1-2-20(27)26-18-9-12-23-17-8-7-14(13-15(17)18)16-5-3-6-19(25-16)21(28)24-11-4-10-22/h2-3,5-9,12-13H,1,4,11H2,(H,24,28)(H,23,26,27). The molecular weight excluding hydrogens is 354 g/mol. The molecule has 7 nitrogen and oxygen atoms in total. The lowest BCUT2D eigenvalue weighted by Gasteiger charge is -2.09. The van der Waals surface area contributed by atoms with Gasteiger partial charge in [-0.05, 0) is 36.4 Å². The molecule has 3 rings (SSSR count). The van der Waals surface area contributed by atoms with Crippen molar-refractivity contribution in [2.24, 2.45) is 0 Å². The highest BCUT2D eigenvalue weighted by Gasteiger charge is 2.10. The summed E-state index contributed by atoms with van der Waals surface area (Å²) in [4.78, 5) is 32.6. The Morgan fingerprint density at radius 3 is 2.86 bits per heavy atom. The minimum Gasteiger partial charge on any atom is -0.350 e. The minimum absolute atomic E-state index is 0.238. The Labute approximate surface area is 161 Å². The summed E-state index contributed by atoms with van der Waals surface area (Å²) in [5.41, 5.74) is 2.99. The Morgan fingerprint density at radius 1 is 1.21 bits per heavy atom. The second-order valence-electron chi connectivity index (χ2n) is 5.86. The summed E-state index contributed by atoms with van der Waals surface area (Å²) in [5, 5.41) is 14.7. The monoisotopic (exact) mass is 371 g/mol. The second-order valence-corrected chi connectivity index (χ2v) is 5.86. The van der Waals surface area contributed by atoms with Gasteiger partial charge in [0.2, 0.25) is 5.91 Å². The van der Waals surface area contributed by atoms with Crippen LogP contribution in [0.5, 0.6) is 0 Å². The van der Waals surface area contributed by atoms with Gasteiger partial charge in [0.15, 0.2) is 0 Å². The number of carbonyl (C=O) groups is 2. The first-order valence-electron chi connectivity index (χ1n) is 8.57. The van der Waals surface area contributed by atoms with Crippen LogP contribution in [0.4, 0.5) is 5.69 Å². The van der Waals surface area contributed by atoms with Gasteiger partial charge in [-0.15, -0.1) is 0 Å². The maximum absolute atomic E-state index is 12.2. The van der Waals surface area contributed by atoms with Gasteiger partial charge in [0, 0.05) is 23.7 Å². The molecule has 2 aromatic heterocycles. The lowest BCUT2D eigenvalue weighted by Crippen LogP contribution is -2.25. The van der Waals surface area contributed by atoms with Crippen molar-refractivity contribution in [3.63, 3.8) is 0 Å². The number of amides is 2. The third-order valence-corrected chi connectivity index (χ3v) is 3.98. The molecule has 7 heteroatoms. The Bertz CT molecular complexity index is 1100. The topological polar surface area (TPSA) is 108 Å². The van der Waals surface area contributed by atoms with Crippen molar-refractivity contribution in [3.05, 3.63) is 67.0 Å². The van der Waals surface area contributed by atoms with Gasteiger partial charge in [-0.1, -0.05) is 18.7 Å². The molecule has 2 amide bonds. The molecule has 0 radical (unpaired) electrons. The third-order valence-electron chi connectivity index (χ3n) is 3.98. The number of benzene rings is 1. The average molecular weight is 371 g/mol. The van der Waals surface area contributed by atoms with Gasteiger partial charge in [0.25, 0.3) is 5.91 Å². The van der Waals surface area contributed by atoms with E-state index in [0.29, 0.717) is 11.4 Å². The van der Waals surface area contributed by atoms with Crippen molar-refractivity contribution in [3.8, 4) is 17.3 Å². The van der Waals surface area contributed by atoms with Crippen LogP contribution in [0.15, 0.2) is 61.3 Å². The first-order valence-corrected chi connectivity index (χ1v) is 8.57. The molecule has 138 valence electrons. The number of hydrogen-bond donors (Lipinski definition) is 2. The molecule has 0 spiro atoms. The molecule has 0 saturated carbocycles. The van der Waals surface area contributed by atoms with Crippen LogP contribution < -0.4 is 10.6 Å². The fraction of sp³-hybridized carbons (Fsp3) is 0.0952. The Morgan fingerprint density at radius 2 is 2.07 bits per heavy atom. The number of nitrogens with zero attached hydrogens (tertiary/aromatic N) is 3. The first-order chi connectivity index (χ1) is 13.6. The first kappa shape index (κ1) is 18.7. The van der Waals surface area contributed by atoms with E-state index in [0.717, 1.165) is 16.5 Å². The molecule has 0 atom stereocenters. The predicted octanol–water partition coefficient (Wildman–Crippen LogP) is 3.06. The lowest BCUT2D eigenvalue weighted by molar-refractivity contribution is -0.111. The molecule has 3 aromatic rings. The zero-order valence-electron chi connectivity index (χ0n) is 15.0. The van der Waals surface area contributed by atoms with Crippen LogP contribution in [0.3, 0.4) is 0 Å². The van der Waals surface area contributed by atoms with Gasteiger partial charge >= 0.3 is 0 Å². The largest absolute Gasteiger partial charge is 0.350 e. The Hall–Kier alpha value is -4.05. The molecule has 28 heavy (non-hydrogen) atoms. The molecule has 1 aromatic carbocycles. The van der Waals surface area contributed by atoms with Crippen LogP contribution in [-0.2, 0) is 4.79 Å². The number of anilines is 1. The maximum Gasteiger partial charge on any atom is 0.269 e. The molecule has 2 heterocycles. The lowest BCUT2D eigenvalue weighted by atomic mass is 10.1. The fourth-order valence-corrected chi connectivity index (χ4v) is 2.64. The molecular formula is C21H17N5O2. The molecule has 0 unspecified atom stereocenters. The minimum atomic E-state index is -0.335. The van der Waals surface area contributed by atoms with Gasteiger partial charge in [-0.25, -0.2) is 4.98 Å². The van der Waals surface area contributed by atoms with E-state index in [-0.39, 0.29) is 30.5 Å². The predicted molar refractivity (Wildman–Crippen MR) is 106 cm³/mol. The number of nitrogens with one attached hydrogen (secondary N) is 2. The summed E-state index contributed by atoms with van der Waals surface area (Å²) in [6.45, 7) is 3.73. The van der Waals surface area contributed by atoms with E-state index >= 15 is 0 Å². The number of hydrogen-bond acceptors (Lipinski definition) is 5. The molecule has 2 N–H and O–H groups in total. The van der Waals surface area contributed by atoms with E-state index in [1.807, 2.05) is 24.3 Å². The highest BCUT2D eigenvalue weighted by Crippen LogP contribution is 2.27. The molecule has 0 saturated heterocycles. The molecule has 0 bridgehead atoms. The number of nitriles is 1. The van der Waals surface area contributed by atoms with E-state index in [9.17, 15) is 9.59 Å². The summed E-state index contributed by atoms with van der Waals surface area (Å²) in [6, 6.07) is 14.4. The summed E-state index contributed by atoms with van der Waals surface area (Å²) in [6.07, 6.45) is 3.06. The number of fused-ring (bicyclic) bond motifs is 1. The SMILES string of the molecule is C=CC(=O)Nc1ccnc2ccc(-c3cccc(C(=O)NCCC#N)n3)cc12. The van der Waals surface area contributed by atoms with E-state index in [1.54, 1.807) is 30.5 Å². The zero-order chi connectivity index (χ0) is 19.9. The number of pyridine rings is 2.